The number of nitrogens with two attached hydrogens (primary N) is 1. The Hall–Kier alpha value is -7.75. The minimum absolute atomic E-state index is 0.0175. The predicted octanol–water partition coefficient (Wildman–Crippen LogP) is 9.77. The zero-order chi connectivity index (χ0) is 54.8. The Morgan fingerprint density at radius 3 is 1.59 bits per heavy atom. The normalized spacial score (nSPS) is 16.9. The van der Waals surface area contributed by atoms with Gasteiger partial charge in [-0.1, -0.05) is 24.3 Å². The van der Waals surface area contributed by atoms with Gasteiger partial charge in [0.25, 0.3) is 11.8 Å². The van der Waals surface area contributed by atoms with Crippen molar-refractivity contribution in [3.8, 4) is 34.3 Å². The summed E-state index contributed by atoms with van der Waals surface area (Å²) in [6, 6.07) is 21.1. The molecule has 5 aromatic rings. The Labute approximate surface area is 428 Å². The number of nitrogens with zero attached hydrogens (tertiary/aromatic N) is 5. The van der Waals surface area contributed by atoms with E-state index in [0.717, 1.165) is 59.2 Å². The first-order valence-corrected chi connectivity index (χ1v) is 23.6. The number of ether oxygens (including phenoxy) is 5. The summed E-state index contributed by atoms with van der Waals surface area (Å²) in [5.74, 6) is 4.23. The summed E-state index contributed by atoms with van der Waals surface area (Å²) >= 11 is 0. The lowest BCUT2D eigenvalue weighted by molar-refractivity contribution is -0.139. The molecule has 2 spiro atoms. The first-order chi connectivity index (χ1) is 35.3. The van der Waals surface area contributed by atoms with Crippen LogP contribution in [0.15, 0.2) is 103 Å². The number of Topliss-reactive ketones (excluding diaryl/α,β-unsaturated/α-hetero) is 1. The van der Waals surface area contributed by atoms with Crippen LogP contribution in [0.25, 0.3) is 11.3 Å². The summed E-state index contributed by atoms with van der Waals surface area (Å²) in [7, 11) is 5.63. The maximum absolute atomic E-state index is 13.4. The molecule has 0 atom stereocenters. The van der Waals surface area contributed by atoms with Crippen LogP contribution in [0.2, 0.25) is 0 Å². The van der Waals surface area contributed by atoms with Crippen LogP contribution >= 0.6 is 0 Å². The van der Waals surface area contributed by atoms with Gasteiger partial charge in [-0.25, -0.2) is 15.6 Å². The zero-order valence-electron chi connectivity index (χ0n) is 42.1. The number of para-hydroxylation sites is 2. The van der Waals surface area contributed by atoms with E-state index >= 15 is 0 Å². The number of hydrogen-bond donors (Lipinski definition) is 2. The van der Waals surface area contributed by atoms with Gasteiger partial charge in [0, 0.05) is 88.2 Å². The highest BCUT2D eigenvalue weighted by Gasteiger charge is 2.49. The number of aliphatic hydroxyl groups is 1. The van der Waals surface area contributed by atoms with Gasteiger partial charge in [0.15, 0.2) is 5.78 Å². The van der Waals surface area contributed by atoms with Crippen molar-refractivity contribution in [2.24, 2.45) is 12.9 Å². The van der Waals surface area contributed by atoms with Crippen molar-refractivity contribution in [1.29, 1.82) is 0 Å². The topological polar surface area (TPSA) is 188 Å². The summed E-state index contributed by atoms with van der Waals surface area (Å²) in [6.07, 6.45) is -5.83. The molecule has 0 saturated carbocycles. The summed E-state index contributed by atoms with van der Waals surface area (Å²) in [6.45, 7) is 6.33. The fourth-order valence-electron chi connectivity index (χ4n) is 9.35. The number of aliphatic hydroxyl groups excluding tert-OH is 1. The molecule has 75 heavy (non-hydrogen) atoms. The number of alkyl halides is 6. The van der Waals surface area contributed by atoms with Crippen molar-refractivity contribution in [3.63, 3.8) is 0 Å². The van der Waals surface area contributed by atoms with E-state index in [1.807, 2.05) is 42.2 Å². The molecule has 4 aliphatic heterocycles. The summed E-state index contributed by atoms with van der Waals surface area (Å²) in [5, 5.41) is 15.1. The second-order valence-corrected chi connectivity index (χ2v) is 19.1. The second-order valence-electron chi connectivity index (χ2n) is 19.1. The van der Waals surface area contributed by atoms with E-state index in [-0.39, 0.29) is 59.9 Å². The van der Waals surface area contributed by atoms with E-state index in [1.165, 1.54) is 37.3 Å². The zero-order valence-corrected chi connectivity index (χ0v) is 42.1. The van der Waals surface area contributed by atoms with Gasteiger partial charge in [0.1, 0.15) is 39.8 Å². The molecule has 4 aliphatic rings. The molecule has 3 N–H and O–H groups in total. The van der Waals surface area contributed by atoms with Crippen LogP contribution in [0.1, 0.15) is 94.2 Å². The number of likely N-dealkylation sites (tertiary alicyclic amines) is 2. The van der Waals surface area contributed by atoms with Crippen molar-refractivity contribution in [2.75, 3.05) is 47.4 Å². The standard InChI is InChI=1S/C24H22F3N3O3.C23H20F3NO5.C6H14N2O2/c1-29-21-16-5-3-4-6-19(16)33-23(18(21)14-28-29)9-11-30(12-10-23)22(31)15-7-8-20(32-2)17(13-15)24(25,26)27;1-31-19-7-6-14(12-16(19)23(24,25)26)21(30)27-10-8-22(9-11-27)17(13-28)20(29)15-4-2-3-5-18(15)32-22;1-6(2,3)10-5(9)8(4)7/h3-8,13-14H,9-12H2,1-2H3;2-7,12-13,28H,8-11H2,1H3;7H2,1-4H3/b;17-13+;. The van der Waals surface area contributed by atoms with Gasteiger partial charge in [0.2, 0.25) is 0 Å². The molecule has 0 radical (unpaired) electrons. The maximum atomic E-state index is 13.4. The Morgan fingerprint density at radius 1 is 0.720 bits per heavy atom. The van der Waals surface area contributed by atoms with E-state index < -0.39 is 58.2 Å². The van der Waals surface area contributed by atoms with Gasteiger partial charge >= 0.3 is 18.4 Å². The minimum atomic E-state index is -4.67. The van der Waals surface area contributed by atoms with E-state index in [1.54, 1.807) is 49.9 Å². The molecule has 4 aromatic carbocycles. The largest absolute Gasteiger partial charge is 0.515 e. The number of benzene rings is 4. The summed E-state index contributed by atoms with van der Waals surface area (Å²) < 4.78 is 109. The number of methoxy groups -OCH3 is 2. The summed E-state index contributed by atoms with van der Waals surface area (Å²) in [5.41, 5.74) is -0.948. The first kappa shape index (κ1) is 55.0. The van der Waals surface area contributed by atoms with Gasteiger partial charge in [-0.2, -0.15) is 31.4 Å². The number of halogens is 6. The molecule has 0 bridgehead atoms. The lowest BCUT2D eigenvalue weighted by Crippen LogP contribution is -2.53. The van der Waals surface area contributed by atoms with Gasteiger partial charge in [-0.3, -0.25) is 19.1 Å². The third-order valence-electron chi connectivity index (χ3n) is 13.1. The molecule has 400 valence electrons. The Balaban J connectivity index is 0.000000186. The highest BCUT2D eigenvalue weighted by Crippen LogP contribution is 2.50. The third kappa shape index (κ3) is 11.5. The number of fused-ring (bicyclic) bond motifs is 5. The van der Waals surface area contributed by atoms with Crippen molar-refractivity contribution in [3.05, 3.63) is 136 Å². The van der Waals surface area contributed by atoms with Crippen molar-refractivity contribution in [2.45, 2.75) is 75.6 Å². The van der Waals surface area contributed by atoms with Crippen LogP contribution < -0.4 is 24.8 Å². The lowest BCUT2D eigenvalue weighted by atomic mass is 9.78. The van der Waals surface area contributed by atoms with Gasteiger partial charge in [-0.15, -0.1) is 0 Å². The molecular formula is C53H56F6N6O10. The Kier molecular flexibility index (Phi) is 15.6. The maximum Gasteiger partial charge on any atom is 0.424 e. The van der Waals surface area contributed by atoms with Gasteiger partial charge < -0.3 is 38.6 Å². The molecule has 22 heteroatoms. The quantitative estimate of drug-likeness (QED) is 0.0434. The molecule has 16 nitrogen and oxygen atoms in total. The number of carbonyl (C=O) groups is 4. The average Bonchev–Trinajstić information content (AvgIpc) is 3.78. The third-order valence-corrected chi connectivity index (χ3v) is 13.1. The fourth-order valence-corrected chi connectivity index (χ4v) is 9.35. The van der Waals surface area contributed by atoms with Gasteiger partial charge in [-0.05, 0) is 81.4 Å². The number of ketones is 1. The van der Waals surface area contributed by atoms with Crippen LogP contribution in [0.4, 0.5) is 31.1 Å². The van der Waals surface area contributed by atoms with Crippen molar-refractivity contribution in [1.82, 2.24) is 24.6 Å². The molecule has 0 unspecified atom stereocenters. The molecule has 9 rings (SSSR count). The van der Waals surface area contributed by atoms with Crippen LogP contribution in [0, 0.1) is 0 Å². The molecule has 5 heterocycles. The molecule has 0 aliphatic carbocycles. The van der Waals surface area contributed by atoms with E-state index in [2.05, 4.69) is 5.10 Å². The van der Waals surface area contributed by atoms with Gasteiger partial charge in [0.05, 0.1) is 54.6 Å². The number of piperidine rings is 2. The Bertz CT molecular complexity index is 2980. The number of carbonyl (C=O) groups excluding carboxylic acids is 4. The molecule has 2 saturated heterocycles. The highest BCUT2D eigenvalue weighted by atomic mass is 19.4. The first-order valence-electron chi connectivity index (χ1n) is 23.6. The fraction of sp³-hybridized carbons (Fsp3) is 0.377. The van der Waals surface area contributed by atoms with Crippen LogP contribution in [0.5, 0.6) is 23.0 Å². The molecular weight excluding hydrogens is 995 g/mol. The predicted molar refractivity (Wildman–Crippen MR) is 260 cm³/mol. The van der Waals surface area contributed by atoms with E-state index in [4.69, 9.17) is 29.5 Å². The van der Waals surface area contributed by atoms with Crippen molar-refractivity contribution >= 4 is 23.7 Å². The highest BCUT2D eigenvalue weighted by molar-refractivity contribution is 6.12. The lowest BCUT2D eigenvalue weighted by Gasteiger charge is -2.44. The number of amides is 3. The van der Waals surface area contributed by atoms with E-state index in [9.17, 15) is 50.6 Å². The molecule has 2 fully saturated rings. The minimum Gasteiger partial charge on any atom is -0.515 e. The SMILES string of the molecule is CN(N)C(=O)OC(C)(C)C.COc1ccc(C(=O)N2CCC3(CC2)Oc2ccccc2-c2c3cnn2C)cc1C(F)(F)F.COc1ccc(C(=O)N2CCC3(CC2)Oc2ccccc2C(=O)/C3=C\O)cc1C(F)(F)F. The number of hydrogen-bond acceptors (Lipinski definition) is 12. The number of aryl methyl sites for hydroxylation is 1. The molecule has 1 aromatic heterocycles. The smallest absolute Gasteiger partial charge is 0.424 e. The van der Waals surface area contributed by atoms with Crippen molar-refractivity contribution < 1.29 is 74.3 Å². The monoisotopic (exact) mass is 1050 g/mol. The summed E-state index contributed by atoms with van der Waals surface area (Å²) in [4.78, 5) is 52.5. The number of aromatic nitrogens is 2. The average molecular weight is 1050 g/mol. The molecule has 3 amide bonds. The van der Waals surface area contributed by atoms with E-state index in [0.29, 0.717) is 37.2 Å². The second kappa shape index (κ2) is 21.2. The van der Waals surface area contributed by atoms with Crippen LogP contribution in [0.3, 0.4) is 0 Å². The Morgan fingerprint density at radius 2 is 1.16 bits per heavy atom. The van der Waals surface area contributed by atoms with Crippen LogP contribution in [-0.2, 0) is 29.7 Å². The number of hydrazine groups is 1. The number of rotatable bonds is 4. The van der Waals surface area contributed by atoms with Crippen LogP contribution in [-0.4, -0.2) is 112 Å².